The molecule has 0 aliphatic rings. The minimum atomic E-state index is -0.174. The number of rotatable bonds is 8. The quantitative estimate of drug-likeness (QED) is 0.756. The van der Waals surface area contributed by atoms with Gasteiger partial charge in [0, 0.05) is 12.1 Å². The van der Waals surface area contributed by atoms with Gasteiger partial charge in [0.15, 0.2) is 6.61 Å². The molecule has 0 aromatic heterocycles. The van der Waals surface area contributed by atoms with Crippen LogP contribution in [0.3, 0.4) is 0 Å². The Kier molecular flexibility index (Phi) is 7.21. The molecule has 5 nitrogen and oxygen atoms in total. The molecule has 0 radical (unpaired) electrons. The topological polar surface area (TPSA) is 67.4 Å². The highest BCUT2D eigenvalue weighted by molar-refractivity contribution is 5.90. The van der Waals surface area contributed by atoms with Crippen LogP contribution in [0.2, 0.25) is 0 Å². The van der Waals surface area contributed by atoms with Gasteiger partial charge < -0.3 is 15.4 Å². The molecule has 0 spiro atoms. The van der Waals surface area contributed by atoms with Gasteiger partial charge in [0.05, 0.1) is 6.04 Å². The smallest absolute Gasteiger partial charge is 0.258 e. The number of hydrogen-bond donors (Lipinski definition) is 2. The van der Waals surface area contributed by atoms with Crippen molar-refractivity contribution in [2.24, 2.45) is 0 Å². The first-order valence-corrected chi connectivity index (χ1v) is 8.93. The number of carbonyl (C=O) groups excluding carboxylic acids is 2. The highest BCUT2D eigenvalue weighted by atomic mass is 16.5. The molecule has 0 bridgehead atoms. The molecule has 138 valence electrons. The lowest BCUT2D eigenvalue weighted by Crippen LogP contribution is -2.31. The van der Waals surface area contributed by atoms with Crippen LogP contribution >= 0.6 is 0 Å². The maximum Gasteiger partial charge on any atom is 0.258 e. The van der Waals surface area contributed by atoms with Gasteiger partial charge in [-0.15, -0.1) is 0 Å². The second-order valence-corrected chi connectivity index (χ2v) is 6.06. The number of carbonyl (C=O) groups is 2. The second kappa shape index (κ2) is 9.61. The summed E-state index contributed by atoms with van der Waals surface area (Å²) < 4.78 is 5.64. The molecule has 5 heteroatoms. The van der Waals surface area contributed by atoms with E-state index in [1.54, 1.807) is 0 Å². The van der Waals surface area contributed by atoms with E-state index in [0.29, 0.717) is 6.42 Å². The molecule has 2 rings (SSSR count). The Bertz CT molecular complexity index is 741. The van der Waals surface area contributed by atoms with Gasteiger partial charge in [-0.2, -0.15) is 0 Å². The van der Waals surface area contributed by atoms with Crippen molar-refractivity contribution in [3.8, 4) is 5.75 Å². The molecule has 0 aliphatic carbocycles. The zero-order chi connectivity index (χ0) is 18.9. The fourth-order valence-electron chi connectivity index (χ4n) is 2.55. The molecule has 2 aromatic rings. The predicted molar refractivity (Wildman–Crippen MR) is 103 cm³/mol. The van der Waals surface area contributed by atoms with E-state index in [-0.39, 0.29) is 24.5 Å². The fraction of sp³-hybridized carbons (Fsp3) is 0.333. The molecule has 0 fully saturated rings. The molecule has 26 heavy (non-hydrogen) atoms. The summed E-state index contributed by atoms with van der Waals surface area (Å²) in [6.45, 7) is 5.75. The third kappa shape index (κ3) is 5.62. The van der Waals surface area contributed by atoms with E-state index in [0.717, 1.165) is 29.0 Å². The first kappa shape index (κ1) is 19.5. The Balaban J connectivity index is 1.87. The van der Waals surface area contributed by atoms with Gasteiger partial charge in [0.1, 0.15) is 5.75 Å². The zero-order valence-corrected chi connectivity index (χ0v) is 15.5. The van der Waals surface area contributed by atoms with Crippen molar-refractivity contribution in [3.05, 3.63) is 59.7 Å². The molecule has 0 aliphatic heterocycles. The lowest BCUT2D eigenvalue weighted by Gasteiger charge is -2.16. The summed E-state index contributed by atoms with van der Waals surface area (Å²) in [6, 6.07) is 15.0. The zero-order valence-electron chi connectivity index (χ0n) is 15.5. The lowest BCUT2D eigenvalue weighted by molar-refractivity contribution is -0.123. The Hall–Kier alpha value is -2.82. The first-order valence-electron chi connectivity index (χ1n) is 8.93. The van der Waals surface area contributed by atoms with Gasteiger partial charge in [0.2, 0.25) is 5.91 Å². The van der Waals surface area contributed by atoms with E-state index in [1.165, 1.54) is 0 Å². The molecule has 2 N–H and O–H groups in total. The molecule has 0 saturated heterocycles. The Morgan fingerprint density at radius 3 is 2.35 bits per heavy atom. The van der Waals surface area contributed by atoms with Crippen molar-refractivity contribution in [3.63, 3.8) is 0 Å². The summed E-state index contributed by atoms with van der Waals surface area (Å²) in [6.07, 6.45) is 1.30. The maximum atomic E-state index is 12.2. The largest absolute Gasteiger partial charge is 0.483 e. The number of hydrogen-bond acceptors (Lipinski definition) is 3. The van der Waals surface area contributed by atoms with E-state index in [9.17, 15) is 9.59 Å². The van der Waals surface area contributed by atoms with E-state index in [1.807, 2.05) is 62.4 Å². The van der Waals surface area contributed by atoms with Crippen LogP contribution in [-0.2, 0) is 16.0 Å². The summed E-state index contributed by atoms with van der Waals surface area (Å²) in [5.41, 5.74) is 2.79. The van der Waals surface area contributed by atoms with Gasteiger partial charge in [-0.1, -0.05) is 44.2 Å². The molecule has 1 atom stereocenters. The summed E-state index contributed by atoms with van der Waals surface area (Å²) >= 11 is 0. The van der Waals surface area contributed by atoms with Crippen LogP contribution in [0.15, 0.2) is 48.5 Å². The van der Waals surface area contributed by atoms with Crippen molar-refractivity contribution < 1.29 is 14.3 Å². The van der Waals surface area contributed by atoms with Gasteiger partial charge in [-0.05, 0) is 42.7 Å². The number of ether oxygens (including phenoxy) is 1. The Labute approximate surface area is 154 Å². The van der Waals surface area contributed by atoms with Crippen molar-refractivity contribution in [2.75, 3.05) is 11.9 Å². The van der Waals surface area contributed by atoms with E-state index >= 15 is 0 Å². The lowest BCUT2D eigenvalue weighted by atomic mass is 10.1. The number of amides is 2. The molecule has 1 unspecified atom stereocenters. The van der Waals surface area contributed by atoms with Gasteiger partial charge >= 0.3 is 0 Å². The van der Waals surface area contributed by atoms with Crippen molar-refractivity contribution in [1.29, 1.82) is 0 Å². The van der Waals surface area contributed by atoms with Crippen LogP contribution in [0.4, 0.5) is 5.69 Å². The average Bonchev–Trinajstić information content (AvgIpc) is 2.66. The summed E-state index contributed by atoms with van der Waals surface area (Å²) in [5.74, 6) is 0.546. The Morgan fingerprint density at radius 2 is 1.69 bits per heavy atom. The Morgan fingerprint density at radius 1 is 1.00 bits per heavy atom. The van der Waals surface area contributed by atoms with E-state index in [2.05, 4.69) is 17.6 Å². The molecule has 0 heterocycles. The van der Waals surface area contributed by atoms with Crippen LogP contribution in [0.5, 0.6) is 5.75 Å². The van der Waals surface area contributed by atoms with Gasteiger partial charge in [-0.25, -0.2) is 0 Å². The highest BCUT2D eigenvalue weighted by Crippen LogP contribution is 2.19. The van der Waals surface area contributed by atoms with Crippen LogP contribution in [0.25, 0.3) is 0 Å². The molecule has 2 amide bonds. The third-order valence-electron chi connectivity index (χ3n) is 4.11. The third-order valence-corrected chi connectivity index (χ3v) is 4.11. The number of nitrogens with one attached hydrogen (secondary N) is 2. The number of anilines is 1. The van der Waals surface area contributed by atoms with Crippen LogP contribution in [-0.4, -0.2) is 18.4 Å². The van der Waals surface area contributed by atoms with E-state index < -0.39 is 0 Å². The monoisotopic (exact) mass is 354 g/mol. The van der Waals surface area contributed by atoms with Gasteiger partial charge in [0.25, 0.3) is 5.91 Å². The van der Waals surface area contributed by atoms with Crippen molar-refractivity contribution >= 4 is 17.5 Å². The van der Waals surface area contributed by atoms with E-state index in [4.69, 9.17) is 4.74 Å². The molecule has 2 aromatic carbocycles. The second-order valence-electron chi connectivity index (χ2n) is 6.06. The minimum absolute atomic E-state index is 0.0218. The van der Waals surface area contributed by atoms with Crippen molar-refractivity contribution in [1.82, 2.24) is 5.32 Å². The number of aryl methyl sites for hydroxylation is 1. The predicted octanol–water partition coefficient (Wildman–Crippen LogP) is 3.85. The number of benzene rings is 2. The molecule has 0 saturated carbocycles. The van der Waals surface area contributed by atoms with Crippen LogP contribution in [0, 0.1) is 0 Å². The van der Waals surface area contributed by atoms with Gasteiger partial charge in [-0.3, -0.25) is 9.59 Å². The number of para-hydroxylation sites is 1. The summed E-state index contributed by atoms with van der Waals surface area (Å²) in [5, 5.41) is 5.73. The molecular formula is C21H26N2O3. The average molecular weight is 354 g/mol. The highest BCUT2D eigenvalue weighted by Gasteiger charge is 2.11. The summed E-state index contributed by atoms with van der Waals surface area (Å²) in [7, 11) is 0. The normalized spacial score (nSPS) is 11.5. The van der Waals surface area contributed by atoms with Crippen molar-refractivity contribution in [2.45, 2.75) is 39.7 Å². The summed E-state index contributed by atoms with van der Waals surface area (Å²) in [4.78, 5) is 23.6. The standard InChI is InChI=1S/C21H26N2O3/c1-4-16-8-6-7-9-19(16)26-14-21(25)22-15(3)17-10-12-18(13-11-17)23-20(24)5-2/h6-13,15H,4-5,14H2,1-3H3,(H,22,25)(H,23,24). The fourth-order valence-corrected chi connectivity index (χ4v) is 2.55. The minimum Gasteiger partial charge on any atom is -0.483 e. The SMILES string of the molecule is CCC(=O)Nc1ccc(C(C)NC(=O)COc2ccccc2CC)cc1. The van der Waals surface area contributed by atoms with Crippen LogP contribution in [0.1, 0.15) is 44.4 Å². The first-order chi connectivity index (χ1) is 12.5. The van der Waals surface area contributed by atoms with Crippen LogP contribution < -0.4 is 15.4 Å². The maximum absolute atomic E-state index is 12.2. The molecular weight excluding hydrogens is 328 g/mol.